The zero-order chi connectivity index (χ0) is 15.0. The van der Waals surface area contributed by atoms with Crippen LogP contribution in [0.2, 0.25) is 0 Å². The van der Waals surface area contributed by atoms with E-state index in [0.717, 1.165) is 18.5 Å². The Bertz CT molecular complexity index is 635. The molecule has 0 amide bonds. The Labute approximate surface area is 114 Å². The molecule has 2 heterocycles. The molecule has 2 N–H and O–H groups in total. The monoisotopic (exact) mass is 304 g/mol. The standard InChI is InChI=1S/C11H13FN2O5S/c1-11(10(15)16)6-19-5-9(11)14-20(17,18)8-2-7(12)3-13-4-8/h2-4,9,14H,5-6H2,1H3,(H,15,16). The summed E-state index contributed by atoms with van der Waals surface area (Å²) in [4.78, 5) is 14.3. The van der Waals surface area contributed by atoms with E-state index in [1.54, 1.807) is 0 Å². The number of rotatable bonds is 4. The average molecular weight is 304 g/mol. The molecule has 0 saturated carbocycles. The summed E-state index contributed by atoms with van der Waals surface area (Å²) >= 11 is 0. The molecule has 20 heavy (non-hydrogen) atoms. The third-order valence-electron chi connectivity index (χ3n) is 3.23. The van der Waals surface area contributed by atoms with Gasteiger partial charge in [0.2, 0.25) is 10.0 Å². The molecule has 1 saturated heterocycles. The summed E-state index contributed by atoms with van der Waals surface area (Å²) in [5.74, 6) is -1.96. The van der Waals surface area contributed by atoms with Crippen LogP contribution in [-0.4, -0.2) is 43.7 Å². The van der Waals surface area contributed by atoms with Crippen LogP contribution in [0.15, 0.2) is 23.4 Å². The van der Waals surface area contributed by atoms with Crippen LogP contribution >= 0.6 is 0 Å². The van der Waals surface area contributed by atoms with E-state index in [0.29, 0.717) is 0 Å². The molecule has 1 aromatic rings. The molecule has 7 nitrogen and oxygen atoms in total. The van der Waals surface area contributed by atoms with Crippen molar-refractivity contribution in [2.24, 2.45) is 5.41 Å². The SMILES string of the molecule is CC1(C(=O)O)COCC1NS(=O)(=O)c1cncc(F)c1. The van der Waals surface area contributed by atoms with Crippen LogP contribution < -0.4 is 4.72 Å². The lowest BCUT2D eigenvalue weighted by atomic mass is 9.86. The molecule has 9 heteroatoms. The number of ether oxygens (including phenoxy) is 1. The maximum absolute atomic E-state index is 13.0. The predicted molar refractivity (Wildman–Crippen MR) is 64.9 cm³/mol. The van der Waals surface area contributed by atoms with E-state index in [1.807, 2.05) is 0 Å². The van der Waals surface area contributed by atoms with E-state index in [1.165, 1.54) is 6.92 Å². The molecule has 0 aliphatic carbocycles. The van der Waals surface area contributed by atoms with Crippen molar-refractivity contribution < 1.29 is 27.4 Å². The van der Waals surface area contributed by atoms with Crippen LogP contribution in [0.4, 0.5) is 4.39 Å². The fraction of sp³-hybridized carbons (Fsp3) is 0.455. The first kappa shape index (κ1) is 14.8. The van der Waals surface area contributed by atoms with Gasteiger partial charge in [0.25, 0.3) is 0 Å². The highest BCUT2D eigenvalue weighted by molar-refractivity contribution is 7.89. The zero-order valence-electron chi connectivity index (χ0n) is 10.5. The summed E-state index contributed by atoms with van der Waals surface area (Å²) in [5, 5.41) is 9.17. The Morgan fingerprint density at radius 1 is 1.60 bits per heavy atom. The number of pyridine rings is 1. The normalized spacial score (nSPS) is 26.6. The number of nitrogens with zero attached hydrogens (tertiary/aromatic N) is 1. The second-order valence-corrected chi connectivity index (χ2v) is 6.46. The Morgan fingerprint density at radius 3 is 2.90 bits per heavy atom. The van der Waals surface area contributed by atoms with Gasteiger partial charge in [-0.15, -0.1) is 0 Å². The molecule has 1 aliphatic rings. The number of hydrogen-bond acceptors (Lipinski definition) is 5. The summed E-state index contributed by atoms with van der Waals surface area (Å²) in [6.07, 6.45) is 1.86. The number of aliphatic carboxylic acids is 1. The van der Waals surface area contributed by atoms with Crippen LogP contribution in [0.25, 0.3) is 0 Å². The van der Waals surface area contributed by atoms with Crippen molar-refractivity contribution in [2.75, 3.05) is 13.2 Å². The van der Waals surface area contributed by atoms with Crippen LogP contribution in [0, 0.1) is 11.2 Å². The Hall–Kier alpha value is -1.58. The maximum atomic E-state index is 13.0. The quantitative estimate of drug-likeness (QED) is 0.810. The second-order valence-electron chi connectivity index (χ2n) is 4.75. The van der Waals surface area contributed by atoms with E-state index in [-0.39, 0.29) is 18.1 Å². The van der Waals surface area contributed by atoms with Crippen LogP contribution in [0.3, 0.4) is 0 Å². The van der Waals surface area contributed by atoms with Gasteiger partial charge in [0.1, 0.15) is 16.1 Å². The van der Waals surface area contributed by atoms with Crippen molar-refractivity contribution in [1.82, 2.24) is 9.71 Å². The number of hydrogen-bond donors (Lipinski definition) is 2. The number of nitrogens with one attached hydrogen (secondary N) is 1. The van der Waals surface area contributed by atoms with Gasteiger partial charge >= 0.3 is 5.97 Å². The van der Waals surface area contributed by atoms with E-state index in [2.05, 4.69) is 9.71 Å². The molecule has 0 spiro atoms. The minimum absolute atomic E-state index is 0.0647. The largest absolute Gasteiger partial charge is 0.481 e. The fourth-order valence-electron chi connectivity index (χ4n) is 1.84. The molecule has 2 atom stereocenters. The first-order chi connectivity index (χ1) is 9.25. The van der Waals surface area contributed by atoms with Gasteiger partial charge in [-0.05, 0) is 13.0 Å². The van der Waals surface area contributed by atoms with Crippen molar-refractivity contribution in [1.29, 1.82) is 0 Å². The first-order valence-corrected chi connectivity index (χ1v) is 7.18. The number of carboxylic acid groups (broad SMARTS) is 1. The lowest BCUT2D eigenvalue weighted by Crippen LogP contribution is -2.49. The number of sulfonamides is 1. The minimum Gasteiger partial charge on any atom is -0.481 e. The van der Waals surface area contributed by atoms with Crippen molar-refractivity contribution >= 4 is 16.0 Å². The molecule has 0 aromatic carbocycles. The van der Waals surface area contributed by atoms with Crippen molar-refractivity contribution in [3.63, 3.8) is 0 Å². The minimum atomic E-state index is -4.07. The Morgan fingerprint density at radius 2 is 2.30 bits per heavy atom. The highest BCUT2D eigenvalue weighted by Gasteiger charge is 2.48. The smallest absolute Gasteiger partial charge is 0.313 e. The van der Waals surface area contributed by atoms with Crippen LogP contribution in [0.1, 0.15) is 6.92 Å². The van der Waals surface area contributed by atoms with Gasteiger partial charge in [-0.25, -0.2) is 17.5 Å². The maximum Gasteiger partial charge on any atom is 0.313 e. The summed E-state index contributed by atoms with van der Waals surface area (Å²) < 4.78 is 44.5. The highest BCUT2D eigenvalue weighted by Crippen LogP contribution is 2.29. The van der Waals surface area contributed by atoms with Gasteiger partial charge in [-0.3, -0.25) is 9.78 Å². The topological polar surface area (TPSA) is 106 Å². The third-order valence-corrected chi connectivity index (χ3v) is 4.67. The fourth-order valence-corrected chi connectivity index (χ4v) is 3.15. The van der Waals surface area contributed by atoms with Gasteiger partial charge in [0.15, 0.2) is 0 Å². The van der Waals surface area contributed by atoms with Gasteiger partial charge < -0.3 is 9.84 Å². The van der Waals surface area contributed by atoms with Gasteiger partial charge in [0.05, 0.1) is 25.5 Å². The molecule has 110 valence electrons. The van der Waals surface area contributed by atoms with E-state index >= 15 is 0 Å². The molecule has 2 unspecified atom stereocenters. The number of aromatic nitrogens is 1. The summed E-state index contributed by atoms with van der Waals surface area (Å²) in [6.45, 7) is 1.22. The summed E-state index contributed by atoms with van der Waals surface area (Å²) in [7, 11) is -4.07. The zero-order valence-corrected chi connectivity index (χ0v) is 11.4. The van der Waals surface area contributed by atoms with Crippen molar-refractivity contribution in [3.05, 3.63) is 24.3 Å². The van der Waals surface area contributed by atoms with Crippen LogP contribution in [-0.2, 0) is 19.6 Å². The Balaban J connectivity index is 2.27. The average Bonchev–Trinajstić information content (AvgIpc) is 2.72. The Kier molecular flexibility index (Phi) is 3.76. The predicted octanol–water partition coefficient (Wildman–Crippen LogP) is -0.0113. The molecule has 1 fully saturated rings. The van der Waals surface area contributed by atoms with Crippen molar-refractivity contribution in [2.45, 2.75) is 17.9 Å². The first-order valence-electron chi connectivity index (χ1n) is 5.70. The third kappa shape index (κ3) is 2.65. The number of halogens is 1. The second kappa shape index (κ2) is 5.08. The van der Waals surface area contributed by atoms with Gasteiger partial charge in [-0.2, -0.15) is 0 Å². The lowest BCUT2D eigenvalue weighted by molar-refractivity contribution is -0.148. The van der Waals surface area contributed by atoms with E-state index in [4.69, 9.17) is 9.84 Å². The van der Waals surface area contributed by atoms with E-state index in [9.17, 15) is 17.6 Å². The highest BCUT2D eigenvalue weighted by atomic mass is 32.2. The summed E-state index contributed by atoms with van der Waals surface area (Å²) in [6, 6.07) is -0.128. The molecular formula is C11H13FN2O5S. The molecule has 0 bridgehead atoms. The molecule has 1 aliphatic heterocycles. The molecule has 2 rings (SSSR count). The van der Waals surface area contributed by atoms with E-state index < -0.39 is 33.3 Å². The summed E-state index contributed by atoms with van der Waals surface area (Å²) in [5.41, 5.74) is -1.37. The molecule has 0 radical (unpaired) electrons. The van der Waals surface area contributed by atoms with Crippen LogP contribution in [0.5, 0.6) is 0 Å². The number of carboxylic acids is 1. The van der Waals surface area contributed by atoms with Gasteiger partial charge in [0, 0.05) is 6.20 Å². The number of carbonyl (C=O) groups is 1. The lowest BCUT2D eigenvalue weighted by Gasteiger charge is -2.25. The molecular weight excluding hydrogens is 291 g/mol. The van der Waals surface area contributed by atoms with Crippen molar-refractivity contribution in [3.8, 4) is 0 Å². The molecule has 1 aromatic heterocycles. The van der Waals surface area contributed by atoms with Gasteiger partial charge in [-0.1, -0.05) is 0 Å².